The third kappa shape index (κ3) is 2.13. The van der Waals surface area contributed by atoms with Crippen LogP contribution in [0.25, 0.3) is 0 Å². The Kier molecular flexibility index (Phi) is 2.49. The molecule has 0 aliphatic heterocycles. The zero-order valence-corrected chi connectivity index (χ0v) is 8.14. The first kappa shape index (κ1) is 8.81. The van der Waals surface area contributed by atoms with Crippen LogP contribution in [0.1, 0.15) is 11.4 Å². The number of aryl methyl sites for hydroxylation is 1. The van der Waals surface area contributed by atoms with Crippen molar-refractivity contribution in [1.29, 1.82) is 0 Å². The maximum atomic E-state index is 4.40. The first-order valence-corrected chi connectivity index (χ1v) is 4.64. The maximum Gasteiger partial charge on any atom is 0.0736 e. The lowest BCUT2D eigenvalue weighted by Gasteiger charge is -2.06. The molecule has 0 unspecified atom stereocenters. The van der Waals surface area contributed by atoms with Gasteiger partial charge in [-0.25, -0.2) is 0 Å². The van der Waals surface area contributed by atoms with Gasteiger partial charge in [0.2, 0.25) is 0 Å². The summed E-state index contributed by atoms with van der Waals surface area (Å²) in [6.45, 7) is 2.75. The van der Waals surface area contributed by atoms with Gasteiger partial charge < -0.3 is 5.43 Å². The van der Waals surface area contributed by atoms with E-state index in [1.165, 1.54) is 0 Å². The number of nitrogens with one attached hydrogen (secondary N) is 1. The van der Waals surface area contributed by atoms with Crippen molar-refractivity contribution in [3.63, 3.8) is 0 Å². The summed E-state index contributed by atoms with van der Waals surface area (Å²) in [5, 5.41) is 0. The Morgan fingerprint density at radius 3 is 2.71 bits per heavy atom. The number of hydrogen-bond acceptors (Lipinski definition) is 2. The fourth-order valence-electron chi connectivity index (χ4n) is 1.31. The SMILES string of the molecule is Cc1cccc(CNn2cccc2)n1. The van der Waals surface area contributed by atoms with E-state index in [9.17, 15) is 0 Å². The highest BCUT2D eigenvalue weighted by Crippen LogP contribution is 1.98. The van der Waals surface area contributed by atoms with Gasteiger partial charge >= 0.3 is 0 Å². The van der Waals surface area contributed by atoms with Crippen molar-refractivity contribution in [2.45, 2.75) is 13.5 Å². The summed E-state index contributed by atoms with van der Waals surface area (Å²) >= 11 is 0. The molecule has 0 saturated carbocycles. The molecule has 0 amide bonds. The third-order valence-electron chi connectivity index (χ3n) is 1.99. The second-order valence-corrected chi connectivity index (χ2v) is 3.20. The first-order chi connectivity index (χ1) is 6.84. The van der Waals surface area contributed by atoms with E-state index in [0.717, 1.165) is 17.9 Å². The summed E-state index contributed by atoms with van der Waals surface area (Å²) in [5.74, 6) is 0. The highest BCUT2D eigenvalue weighted by atomic mass is 15.4. The number of aromatic nitrogens is 2. The summed E-state index contributed by atoms with van der Waals surface area (Å²) in [6, 6.07) is 10.0. The summed E-state index contributed by atoms with van der Waals surface area (Å²) < 4.78 is 1.92. The fraction of sp³-hybridized carbons (Fsp3) is 0.182. The predicted molar refractivity (Wildman–Crippen MR) is 56.5 cm³/mol. The Bertz CT molecular complexity index is 393. The van der Waals surface area contributed by atoms with E-state index in [4.69, 9.17) is 0 Å². The molecule has 0 fully saturated rings. The topological polar surface area (TPSA) is 29.9 Å². The van der Waals surface area contributed by atoms with Crippen molar-refractivity contribution in [3.05, 3.63) is 54.1 Å². The molecule has 2 aromatic heterocycles. The second-order valence-electron chi connectivity index (χ2n) is 3.20. The Labute approximate surface area is 83.4 Å². The third-order valence-corrected chi connectivity index (χ3v) is 1.99. The van der Waals surface area contributed by atoms with Crippen molar-refractivity contribution in [2.75, 3.05) is 5.43 Å². The van der Waals surface area contributed by atoms with Crippen LogP contribution in [0.3, 0.4) is 0 Å². The molecule has 0 spiro atoms. The zero-order chi connectivity index (χ0) is 9.80. The summed E-state index contributed by atoms with van der Waals surface area (Å²) in [4.78, 5) is 4.40. The molecule has 3 heteroatoms. The molecule has 14 heavy (non-hydrogen) atoms. The largest absolute Gasteiger partial charge is 0.320 e. The van der Waals surface area contributed by atoms with Gasteiger partial charge in [-0.3, -0.25) is 9.66 Å². The zero-order valence-electron chi connectivity index (χ0n) is 8.14. The van der Waals surface area contributed by atoms with Gasteiger partial charge in [0.25, 0.3) is 0 Å². The van der Waals surface area contributed by atoms with E-state index >= 15 is 0 Å². The van der Waals surface area contributed by atoms with Crippen molar-refractivity contribution < 1.29 is 0 Å². The van der Waals surface area contributed by atoms with Gasteiger partial charge in [-0.05, 0) is 31.2 Å². The minimum absolute atomic E-state index is 0.746. The molecule has 0 saturated heterocycles. The van der Waals surface area contributed by atoms with Crippen LogP contribution in [0.4, 0.5) is 0 Å². The highest BCUT2D eigenvalue weighted by Gasteiger charge is 1.93. The van der Waals surface area contributed by atoms with Gasteiger partial charge in [0.15, 0.2) is 0 Å². The van der Waals surface area contributed by atoms with Gasteiger partial charge in [0, 0.05) is 18.1 Å². The molecule has 0 radical (unpaired) electrons. The van der Waals surface area contributed by atoms with Crippen LogP contribution in [-0.2, 0) is 6.54 Å². The van der Waals surface area contributed by atoms with Crippen molar-refractivity contribution in [3.8, 4) is 0 Å². The van der Waals surface area contributed by atoms with E-state index in [2.05, 4.69) is 10.4 Å². The Balaban J connectivity index is 1.98. The predicted octanol–water partition coefficient (Wildman–Crippen LogP) is 1.94. The molecule has 2 rings (SSSR count). The van der Waals surface area contributed by atoms with Crippen molar-refractivity contribution in [1.82, 2.24) is 9.66 Å². The lowest BCUT2D eigenvalue weighted by atomic mass is 10.3. The summed E-state index contributed by atoms with van der Waals surface area (Å²) in [5.41, 5.74) is 5.33. The fourth-order valence-corrected chi connectivity index (χ4v) is 1.31. The van der Waals surface area contributed by atoms with E-state index in [0.29, 0.717) is 0 Å². The van der Waals surface area contributed by atoms with E-state index in [1.807, 2.05) is 54.3 Å². The van der Waals surface area contributed by atoms with E-state index < -0.39 is 0 Å². The molecule has 0 aliphatic rings. The monoisotopic (exact) mass is 187 g/mol. The minimum Gasteiger partial charge on any atom is -0.320 e. The van der Waals surface area contributed by atoms with Crippen LogP contribution >= 0.6 is 0 Å². The Morgan fingerprint density at radius 2 is 2.00 bits per heavy atom. The minimum atomic E-state index is 0.746. The van der Waals surface area contributed by atoms with Gasteiger partial charge in [-0.15, -0.1) is 0 Å². The number of hydrogen-bond donors (Lipinski definition) is 1. The van der Waals surface area contributed by atoms with Crippen LogP contribution in [0.15, 0.2) is 42.7 Å². The van der Waals surface area contributed by atoms with Crippen molar-refractivity contribution >= 4 is 0 Å². The molecule has 0 atom stereocenters. The number of nitrogens with zero attached hydrogens (tertiary/aromatic N) is 2. The van der Waals surface area contributed by atoms with Gasteiger partial charge in [0.05, 0.1) is 12.2 Å². The molecule has 2 heterocycles. The first-order valence-electron chi connectivity index (χ1n) is 4.64. The van der Waals surface area contributed by atoms with Crippen LogP contribution in [0.2, 0.25) is 0 Å². The van der Waals surface area contributed by atoms with Crippen LogP contribution in [0.5, 0.6) is 0 Å². The van der Waals surface area contributed by atoms with Gasteiger partial charge in [0.1, 0.15) is 0 Å². The Morgan fingerprint density at radius 1 is 1.21 bits per heavy atom. The molecular formula is C11H13N3. The van der Waals surface area contributed by atoms with Crippen LogP contribution < -0.4 is 5.43 Å². The molecule has 0 aromatic carbocycles. The second kappa shape index (κ2) is 3.96. The molecule has 2 aromatic rings. The van der Waals surface area contributed by atoms with Crippen molar-refractivity contribution in [2.24, 2.45) is 0 Å². The Hall–Kier alpha value is -1.77. The lowest BCUT2D eigenvalue weighted by molar-refractivity contribution is 0.826. The number of pyridine rings is 1. The quantitative estimate of drug-likeness (QED) is 0.795. The van der Waals surface area contributed by atoms with Crippen LogP contribution in [-0.4, -0.2) is 9.66 Å². The normalized spacial score (nSPS) is 10.1. The van der Waals surface area contributed by atoms with Gasteiger partial charge in [-0.2, -0.15) is 0 Å². The standard InChI is InChI=1S/C11H13N3/c1-10-5-4-6-11(13-10)9-12-14-7-2-3-8-14/h2-8,12H,9H2,1H3. The maximum absolute atomic E-state index is 4.40. The number of rotatable bonds is 3. The molecule has 0 bridgehead atoms. The average molecular weight is 187 g/mol. The van der Waals surface area contributed by atoms with E-state index in [1.54, 1.807) is 0 Å². The lowest BCUT2D eigenvalue weighted by Crippen LogP contribution is -2.12. The molecule has 3 nitrogen and oxygen atoms in total. The summed E-state index contributed by atoms with van der Waals surface area (Å²) in [6.07, 6.45) is 3.94. The average Bonchev–Trinajstić information content (AvgIpc) is 2.67. The molecule has 1 N–H and O–H groups in total. The van der Waals surface area contributed by atoms with E-state index in [-0.39, 0.29) is 0 Å². The molecule has 0 aliphatic carbocycles. The highest BCUT2D eigenvalue weighted by molar-refractivity contribution is 5.11. The van der Waals surface area contributed by atoms with Gasteiger partial charge in [-0.1, -0.05) is 6.07 Å². The molecule has 72 valence electrons. The van der Waals surface area contributed by atoms with Crippen LogP contribution in [0, 0.1) is 6.92 Å². The molecular weight excluding hydrogens is 174 g/mol. The smallest absolute Gasteiger partial charge is 0.0736 e. The summed E-state index contributed by atoms with van der Waals surface area (Å²) in [7, 11) is 0.